The highest BCUT2D eigenvalue weighted by atomic mass is 16.4. The van der Waals surface area contributed by atoms with Gasteiger partial charge in [0.05, 0.1) is 18.9 Å². The minimum atomic E-state index is -0.974. The Hall–Kier alpha value is -1.57. The summed E-state index contributed by atoms with van der Waals surface area (Å²) in [6, 6.07) is 1.98. The van der Waals surface area contributed by atoms with Crippen LogP contribution < -0.4 is 0 Å². The second kappa shape index (κ2) is 7.69. The molecule has 0 rings (SSSR count). The Labute approximate surface area is 95.7 Å². The van der Waals surface area contributed by atoms with Crippen LogP contribution in [0.25, 0.3) is 0 Å². The van der Waals surface area contributed by atoms with Crippen molar-refractivity contribution < 1.29 is 14.7 Å². The van der Waals surface area contributed by atoms with Crippen LogP contribution in [0.4, 0.5) is 0 Å². The molecule has 0 saturated carbocycles. The Morgan fingerprint density at radius 1 is 1.38 bits per heavy atom. The van der Waals surface area contributed by atoms with E-state index < -0.39 is 5.97 Å². The molecule has 0 aromatic carbocycles. The number of carbonyl (C=O) groups is 2. The second-order valence-corrected chi connectivity index (χ2v) is 4.04. The Bertz CT molecular complexity index is 281. The van der Waals surface area contributed by atoms with Crippen molar-refractivity contribution in [3.8, 4) is 6.07 Å². The van der Waals surface area contributed by atoms with Crippen LogP contribution >= 0.6 is 0 Å². The number of aliphatic carboxylic acids is 1. The van der Waals surface area contributed by atoms with E-state index in [0.29, 0.717) is 19.0 Å². The molecule has 0 aromatic rings. The Kier molecular flexibility index (Phi) is 6.93. The van der Waals surface area contributed by atoms with Gasteiger partial charge in [0.1, 0.15) is 0 Å². The minimum Gasteiger partial charge on any atom is -0.481 e. The van der Waals surface area contributed by atoms with Crippen LogP contribution in [0.3, 0.4) is 0 Å². The zero-order valence-corrected chi connectivity index (χ0v) is 9.77. The molecule has 0 saturated heterocycles. The Morgan fingerprint density at radius 2 is 2.00 bits per heavy atom. The van der Waals surface area contributed by atoms with Gasteiger partial charge in [-0.05, 0) is 5.92 Å². The van der Waals surface area contributed by atoms with Crippen LogP contribution in [0.15, 0.2) is 0 Å². The van der Waals surface area contributed by atoms with Crippen LogP contribution in [0.2, 0.25) is 0 Å². The lowest BCUT2D eigenvalue weighted by Crippen LogP contribution is -2.35. The molecule has 0 atom stereocenters. The van der Waals surface area contributed by atoms with E-state index in [2.05, 4.69) is 0 Å². The molecular formula is C11H18N2O3. The van der Waals surface area contributed by atoms with Gasteiger partial charge in [-0.2, -0.15) is 5.26 Å². The zero-order valence-electron chi connectivity index (χ0n) is 9.77. The molecule has 0 aliphatic carbocycles. The van der Waals surface area contributed by atoms with Gasteiger partial charge in [0.2, 0.25) is 5.91 Å². The van der Waals surface area contributed by atoms with E-state index in [1.807, 2.05) is 19.9 Å². The number of carbonyl (C=O) groups excluding carboxylic acids is 1. The van der Waals surface area contributed by atoms with Crippen LogP contribution in [0.5, 0.6) is 0 Å². The lowest BCUT2D eigenvalue weighted by atomic mass is 10.2. The molecule has 5 heteroatoms. The summed E-state index contributed by atoms with van der Waals surface area (Å²) in [4.78, 5) is 23.5. The maximum atomic E-state index is 11.6. The smallest absolute Gasteiger partial charge is 0.303 e. The van der Waals surface area contributed by atoms with E-state index in [9.17, 15) is 9.59 Å². The number of carboxylic acid groups (broad SMARTS) is 1. The predicted octanol–water partition coefficient (Wildman–Crippen LogP) is 1.25. The first-order valence-electron chi connectivity index (χ1n) is 5.34. The van der Waals surface area contributed by atoms with E-state index in [0.717, 1.165) is 0 Å². The fraction of sp³-hybridized carbons (Fsp3) is 0.727. The Balaban J connectivity index is 4.20. The van der Waals surface area contributed by atoms with Crippen LogP contribution in [-0.4, -0.2) is 35.0 Å². The average Bonchev–Trinajstić information content (AvgIpc) is 2.20. The molecule has 90 valence electrons. The van der Waals surface area contributed by atoms with Gasteiger partial charge >= 0.3 is 5.97 Å². The largest absolute Gasteiger partial charge is 0.481 e. The van der Waals surface area contributed by atoms with E-state index in [1.54, 1.807) is 4.90 Å². The molecule has 0 unspecified atom stereocenters. The maximum absolute atomic E-state index is 11.6. The van der Waals surface area contributed by atoms with Gasteiger partial charge in [0, 0.05) is 19.5 Å². The van der Waals surface area contributed by atoms with E-state index >= 15 is 0 Å². The first-order chi connectivity index (χ1) is 7.47. The lowest BCUT2D eigenvalue weighted by molar-refractivity contribution is -0.141. The van der Waals surface area contributed by atoms with Crippen molar-refractivity contribution in [3.63, 3.8) is 0 Å². The van der Waals surface area contributed by atoms with Gasteiger partial charge in [-0.3, -0.25) is 9.59 Å². The fourth-order valence-corrected chi connectivity index (χ4v) is 1.32. The first kappa shape index (κ1) is 14.4. The van der Waals surface area contributed by atoms with Gasteiger partial charge < -0.3 is 10.0 Å². The summed E-state index contributed by atoms with van der Waals surface area (Å²) < 4.78 is 0. The number of amides is 1. The third-order valence-corrected chi connectivity index (χ3v) is 1.98. The molecule has 0 heterocycles. The highest BCUT2D eigenvalue weighted by Gasteiger charge is 2.15. The number of carboxylic acids is 1. The zero-order chi connectivity index (χ0) is 12.6. The van der Waals surface area contributed by atoms with Crippen molar-refractivity contribution in [1.82, 2.24) is 4.90 Å². The molecule has 1 N–H and O–H groups in total. The number of hydrogen-bond donors (Lipinski definition) is 1. The molecule has 0 bridgehead atoms. The van der Waals surface area contributed by atoms with Gasteiger partial charge in [0.25, 0.3) is 0 Å². The van der Waals surface area contributed by atoms with Crippen LogP contribution in [0, 0.1) is 17.2 Å². The van der Waals surface area contributed by atoms with Gasteiger partial charge in [-0.1, -0.05) is 13.8 Å². The highest BCUT2D eigenvalue weighted by Crippen LogP contribution is 2.04. The van der Waals surface area contributed by atoms with Gasteiger partial charge in [-0.15, -0.1) is 0 Å². The normalized spacial score (nSPS) is 9.88. The van der Waals surface area contributed by atoms with Crippen molar-refractivity contribution in [2.45, 2.75) is 33.1 Å². The SMILES string of the molecule is CC(C)CN(CCC#N)C(=O)CCC(=O)O. The summed E-state index contributed by atoms with van der Waals surface area (Å²) in [5.41, 5.74) is 0. The summed E-state index contributed by atoms with van der Waals surface area (Å²) in [5, 5.41) is 16.9. The molecule has 0 fully saturated rings. The molecule has 0 aromatic heterocycles. The van der Waals surface area contributed by atoms with E-state index in [4.69, 9.17) is 10.4 Å². The molecular weight excluding hydrogens is 208 g/mol. The number of nitrogens with zero attached hydrogens (tertiary/aromatic N) is 2. The summed E-state index contributed by atoms with van der Waals surface area (Å²) in [6.45, 7) is 4.90. The third-order valence-electron chi connectivity index (χ3n) is 1.98. The lowest BCUT2D eigenvalue weighted by Gasteiger charge is -2.23. The van der Waals surface area contributed by atoms with E-state index in [-0.39, 0.29) is 25.2 Å². The van der Waals surface area contributed by atoms with Crippen molar-refractivity contribution in [1.29, 1.82) is 5.26 Å². The topological polar surface area (TPSA) is 81.4 Å². The summed E-state index contributed by atoms with van der Waals surface area (Å²) >= 11 is 0. The van der Waals surface area contributed by atoms with Crippen LogP contribution in [-0.2, 0) is 9.59 Å². The minimum absolute atomic E-state index is 0.00742. The molecule has 0 spiro atoms. The molecule has 0 radical (unpaired) electrons. The number of hydrogen-bond acceptors (Lipinski definition) is 3. The van der Waals surface area contributed by atoms with Crippen molar-refractivity contribution in [3.05, 3.63) is 0 Å². The molecule has 16 heavy (non-hydrogen) atoms. The quantitative estimate of drug-likeness (QED) is 0.708. The highest BCUT2D eigenvalue weighted by molar-refractivity contribution is 5.80. The summed E-state index contributed by atoms with van der Waals surface area (Å²) in [6.07, 6.45) is 0.138. The van der Waals surface area contributed by atoms with Gasteiger partial charge in [-0.25, -0.2) is 0 Å². The van der Waals surface area contributed by atoms with Gasteiger partial charge in [0.15, 0.2) is 0 Å². The third kappa shape index (κ3) is 6.82. The van der Waals surface area contributed by atoms with Crippen LogP contribution in [0.1, 0.15) is 33.1 Å². The first-order valence-corrected chi connectivity index (χ1v) is 5.34. The Morgan fingerprint density at radius 3 is 2.44 bits per heavy atom. The summed E-state index contributed by atoms with van der Waals surface area (Å²) in [7, 11) is 0. The number of rotatable bonds is 7. The molecule has 5 nitrogen and oxygen atoms in total. The monoisotopic (exact) mass is 226 g/mol. The fourth-order valence-electron chi connectivity index (χ4n) is 1.32. The average molecular weight is 226 g/mol. The van der Waals surface area contributed by atoms with Crippen molar-refractivity contribution >= 4 is 11.9 Å². The molecule has 0 aliphatic rings. The maximum Gasteiger partial charge on any atom is 0.303 e. The predicted molar refractivity (Wildman–Crippen MR) is 58.5 cm³/mol. The standard InChI is InChI=1S/C11H18N2O3/c1-9(2)8-13(7-3-6-12)10(14)4-5-11(15)16/h9H,3-5,7-8H2,1-2H3,(H,15,16). The van der Waals surface area contributed by atoms with Crippen molar-refractivity contribution in [2.75, 3.05) is 13.1 Å². The molecule has 1 amide bonds. The van der Waals surface area contributed by atoms with E-state index in [1.165, 1.54) is 0 Å². The second-order valence-electron chi connectivity index (χ2n) is 4.04. The number of nitriles is 1. The van der Waals surface area contributed by atoms with Crippen molar-refractivity contribution in [2.24, 2.45) is 5.92 Å². The molecule has 0 aliphatic heterocycles. The summed E-state index contributed by atoms with van der Waals surface area (Å²) in [5.74, 6) is -0.850.